The van der Waals surface area contributed by atoms with Gasteiger partial charge in [0.15, 0.2) is 5.69 Å². The lowest BCUT2D eigenvalue weighted by molar-refractivity contribution is -0.385. The van der Waals surface area contributed by atoms with Crippen molar-refractivity contribution >= 4 is 11.7 Å². The first kappa shape index (κ1) is 16.3. The highest BCUT2D eigenvalue weighted by Gasteiger charge is 2.20. The van der Waals surface area contributed by atoms with Gasteiger partial charge in [-0.15, -0.1) is 0 Å². The van der Waals surface area contributed by atoms with Crippen LogP contribution in [-0.4, -0.2) is 20.7 Å². The van der Waals surface area contributed by atoms with Crippen molar-refractivity contribution in [1.82, 2.24) is 9.78 Å². The van der Waals surface area contributed by atoms with Crippen molar-refractivity contribution in [2.75, 3.05) is 0 Å². The second-order valence-corrected chi connectivity index (χ2v) is 4.90. The molecule has 0 saturated carbocycles. The van der Waals surface area contributed by atoms with Crippen molar-refractivity contribution in [3.05, 3.63) is 62.1 Å². The van der Waals surface area contributed by atoms with Crippen LogP contribution in [0.15, 0.2) is 35.1 Å². The van der Waals surface area contributed by atoms with Crippen LogP contribution in [0.25, 0.3) is 0 Å². The van der Waals surface area contributed by atoms with Gasteiger partial charge >= 0.3 is 11.7 Å². The van der Waals surface area contributed by atoms with Gasteiger partial charge in [-0.05, 0) is 31.0 Å². The molecule has 0 fully saturated rings. The Kier molecular flexibility index (Phi) is 4.85. The summed E-state index contributed by atoms with van der Waals surface area (Å²) in [6.45, 7) is 3.96. The highest BCUT2D eigenvalue weighted by atomic mass is 16.6. The molecule has 0 saturated heterocycles. The molecule has 1 aromatic carbocycles. The van der Waals surface area contributed by atoms with Crippen LogP contribution in [0.4, 0.5) is 5.69 Å². The minimum atomic E-state index is -0.858. The van der Waals surface area contributed by atoms with Gasteiger partial charge < -0.3 is 4.74 Å². The SMILES string of the molecule is CCCn1nc(C(=O)Oc2cc(C)ccc2[N+](=O)[O-])ccc1=O. The Morgan fingerprint density at radius 1 is 1.35 bits per heavy atom. The number of esters is 1. The Hall–Kier alpha value is -3.03. The lowest BCUT2D eigenvalue weighted by atomic mass is 10.2. The van der Waals surface area contributed by atoms with Crippen LogP contribution in [0.2, 0.25) is 0 Å². The van der Waals surface area contributed by atoms with Gasteiger partial charge in [-0.3, -0.25) is 14.9 Å². The molecule has 8 nitrogen and oxygen atoms in total. The van der Waals surface area contributed by atoms with Crippen molar-refractivity contribution in [2.45, 2.75) is 26.8 Å². The second kappa shape index (κ2) is 6.82. The van der Waals surface area contributed by atoms with E-state index in [4.69, 9.17) is 4.74 Å². The van der Waals surface area contributed by atoms with Crippen molar-refractivity contribution < 1.29 is 14.5 Å². The van der Waals surface area contributed by atoms with E-state index in [1.807, 2.05) is 6.92 Å². The zero-order chi connectivity index (χ0) is 17.0. The molecule has 8 heteroatoms. The zero-order valence-electron chi connectivity index (χ0n) is 12.7. The monoisotopic (exact) mass is 317 g/mol. The molecule has 1 heterocycles. The number of aryl methyl sites for hydroxylation is 2. The minimum absolute atomic E-state index is 0.0890. The van der Waals surface area contributed by atoms with E-state index in [2.05, 4.69) is 5.10 Å². The molecule has 0 spiro atoms. The van der Waals surface area contributed by atoms with Crippen molar-refractivity contribution in [3.63, 3.8) is 0 Å². The maximum absolute atomic E-state index is 12.1. The molecule has 23 heavy (non-hydrogen) atoms. The van der Waals surface area contributed by atoms with Crippen LogP contribution in [0, 0.1) is 17.0 Å². The molecule has 0 N–H and O–H groups in total. The second-order valence-electron chi connectivity index (χ2n) is 4.90. The summed E-state index contributed by atoms with van der Waals surface area (Å²) in [5, 5.41) is 14.9. The summed E-state index contributed by atoms with van der Waals surface area (Å²) in [5.74, 6) is -1.02. The Morgan fingerprint density at radius 3 is 2.74 bits per heavy atom. The number of hydrogen-bond donors (Lipinski definition) is 0. The highest BCUT2D eigenvalue weighted by molar-refractivity contribution is 5.89. The van der Waals surface area contributed by atoms with E-state index in [1.165, 1.54) is 24.3 Å². The Balaban J connectivity index is 2.33. The number of carbonyl (C=O) groups is 1. The number of nitrogens with zero attached hydrogens (tertiary/aromatic N) is 3. The standard InChI is InChI=1S/C15H15N3O5/c1-3-8-17-14(19)7-5-11(16-17)15(20)23-13-9-10(2)4-6-12(13)18(21)22/h4-7,9H,3,8H2,1-2H3. The van der Waals surface area contributed by atoms with Crippen molar-refractivity contribution in [2.24, 2.45) is 0 Å². The van der Waals surface area contributed by atoms with Gasteiger partial charge in [0.05, 0.1) is 4.92 Å². The summed E-state index contributed by atoms with van der Waals surface area (Å²) in [5.41, 5.74) is -0.0214. The molecule has 0 aliphatic rings. The minimum Gasteiger partial charge on any atom is -0.414 e. The third kappa shape index (κ3) is 3.79. The van der Waals surface area contributed by atoms with Crippen molar-refractivity contribution in [3.8, 4) is 5.75 Å². The number of carbonyl (C=O) groups excluding carboxylic acids is 1. The van der Waals surface area contributed by atoms with E-state index in [9.17, 15) is 19.7 Å². The van der Waals surface area contributed by atoms with Gasteiger partial charge in [0, 0.05) is 18.7 Å². The number of ether oxygens (including phenoxy) is 1. The lowest BCUT2D eigenvalue weighted by Crippen LogP contribution is -2.25. The van der Waals surface area contributed by atoms with Crippen LogP contribution in [-0.2, 0) is 6.54 Å². The van der Waals surface area contributed by atoms with Gasteiger partial charge in [0.2, 0.25) is 5.75 Å². The third-order valence-corrected chi connectivity index (χ3v) is 3.03. The molecule has 0 radical (unpaired) electrons. The molecule has 0 amide bonds. The summed E-state index contributed by atoms with van der Waals surface area (Å²) < 4.78 is 6.24. The molecule has 0 unspecified atom stereocenters. The van der Waals surface area contributed by atoms with Gasteiger partial charge in [0.25, 0.3) is 5.56 Å². The fraction of sp³-hybridized carbons (Fsp3) is 0.267. The smallest absolute Gasteiger partial charge is 0.364 e. The first-order chi connectivity index (χ1) is 10.9. The molecule has 0 aliphatic carbocycles. The highest BCUT2D eigenvalue weighted by Crippen LogP contribution is 2.28. The molecule has 0 aliphatic heterocycles. The summed E-state index contributed by atoms with van der Waals surface area (Å²) in [6, 6.07) is 6.67. The summed E-state index contributed by atoms with van der Waals surface area (Å²) in [4.78, 5) is 34.1. The topological polar surface area (TPSA) is 104 Å². The number of aromatic nitrogens is 2. The average molecular weight is 317 g/mol. The molecule has 1 aromatic heterocycles. The normalized spacial score (nSPS) is 10.3. The molecule has 0 bridgehead atoms. The van der Waals surface area contributed by atoms with Crippen LogP contribution in [0.3, 0.4) is 0 Å². The number of nitro benzene ring substituents is 1. The number of hydrogen-bond acceptors (Lipinski definition) is 6. The first-order valence-corrected chi connectivity index (χ1v) is 6.97. The Bertz CT molecular complexity index is 813. The summed E-state index contributed by atoms with van der Waals surface area (Å²) in [7, 11) is 0. The van der Waals surface area contributed by atoms with E-state index in [-0.39, 0.29) is 22.7 Å². The fourth-order valence-electron chi connectivity index (χ4n) is 1.94. The van der Waals surface area contributed by atoms with Gasteiger partial charge in [0.1, 0.15) is 0 Å². The van der Waals surface area contributed by atoms with Crippen molar-refractivity contribution in [1.29, 1.82) is 0 Å². The van der Waals surface area contributed by atoms with Gasteiger partial charge in [-0.25, -0.2) is 9.48 Å². The Labute approximate surface area is 131 Å². The molecule has 120 valence electrons. The van der Waals surface area contributed by atoms with E-state index in [1.54, 1.807) is 13.0 Å². The largest absolute Gasteiger partial charge is 0.414 e. The molecular weight excluding hydrogens is 302 g/mol. The average Bonchev–Trinajstić information content (AvgIpc) is 2.49. The van der Waals surface area contributed by atoms with Gasteiger partial charge in [-0.2, -0.15) is 5.10 Å². The first-order valence-electron chi connectivity index (χ1n) is 6.97. The molecule has 0 atom stereocenters. The number of nitro groups is 1. The summed E-state index contributed by atoms with van der Waals surface area (Å²) >= 11 is 0. The number of rotatable bonds is 5. The van der Waals surface area contributed by atoms with Crippen LogP contribution >= 0.6 is 0 Å². The van der Waals surface area contributed by atoms with E-state index >= 15 is 0 Å². The maximum Gasteiger partial charge on any atom is 0.364 e. The van der Waals surface area contributed by atoms with Crippen LogP contribution < -0.4 is 10.3 Å². The van der Waals surface area contributed by atoms with Gasteiger partial charge in [-0.1, -0.05) is 13.0 Å². The summed E-state index contributed by atoms with van der Waals surface area (Å²) in [6.07, 6.45) is 0.675. The molecular formula is C15H15N3O5. The Morgan fingerprint density at radius 2 is 2.09 bits per heavy atom. The molecule has 2 aromatic rings. The number of benzene rings is 1. The fourth-order valence-corrected chi connectivity index (χ4v) is 1.94. The van der Waals surface area contributed by atoms with E-state index < -0.39 is 10.9 Å². The lowest BCUT2D eigenvalue weighted by Gasteiger charge is -2.07. The van der Waals surface area contributed by atoms with E-state index in [0.717, 1.165) is 4.68 Å². The predicted molar refractivity (Wildman–Crippen MR) is 81.6 cm³/mol. The van der Waals surface area contributed by atoms with Crippen LogP contribution in [0.1, 0.15) is 29.4 Å². The van der Waals surface area contributed by atoms with E-state index in [0.29, 0.717) is 18.5 Å². The molecule has 2 rings (SSSR count). The third-order valence-electron chi connectivity index (χ3n) is 3.03. The maximum atomic E-state index is 12.1. The predicted octanol–water partition coefficient (Wildman–Crippen LogP) is 2.09. The quantitative estimate of drug-likeness (QED) is 0.362. The zero-order valence-corrected chi connectivity index (χ0v) is 12.7. The van der Waals surface area contributed by atoms with Crippen LogP contribution in [0.5, 0.6) is 5.75 Å².